The molecule has 24 heavy (non-hydrogen) atoms. The Kier molecular flexibility index (Phi) is 2.87. The first kappa shape index (κ1) is 14.8. The van der Waals surface area contributed by atoms with Crippen LogP contribution in [0.4, 0.5) is 0 Å². The molecule has 1 heterocycles. The molecular formula is C21H30O3. The van der Waals surface area contributed by atoms with Crippen molar-refractivity contribution in [1.29, 1.82) is 0 Å². The van der Waals surface area contributed by atoms with Gasteiger partial charge in [0.25, 0.3) is 0 Å². The third-order valence-electron chi connectivity index (χ3n) is 8.99. The Morgan fingerprint density at radius 1 is 1.04 bits per heavy atom. The van der Waals surface area contributed by atoms with Crippen LogP contribution in [0.2, 0.25) is 0 Å². The number of aliphatic hydroxyl groups is 1. The Hall–Kier alpha value is -0.380. The first-order chi connectivity index (χ1) is 11.6. The molecule has 4 saturated carbocycles. The molecule has 0 radical (unpaired) electrons. The fourth-order valence-electron chi connectivity index (χ4n) is 7.92. The maximum Gasteiger partial charge on any atom is 0.172 e. The first-order valence-corrected chi connectivity index (χ1v) is 10.3. The zero-order valence-electron chi connectivity index (χ0n) is 14.7. The van der Waals surface area contributed by atoms with Crippen molar-refractivity contribution in [2.75, 3.05) is 13.2 Å². The van der Waals surface area contributed by atoms with E-state index in [0.717, 1.165) is 55.6 Å². The normalized spacial score (nSPS) is 56.9. The zero-order chi connectivity index (χ0) is 16.1. The largest absolute Gasteiger partial charge is 0.392 e. The first-order valence-electron chi connectivity index (χ1n) is 10.3. The summed E-state index contributed by atoms with van der Waals surface area (Å²) in [6, 6.07) is 0. The fourth-order valence-corrected chi connectivity index (χ4v) is 7.92. The minimum Gasteiger partial charge on any atom is -0.392 e. The van der Waals surface area contributed by atoms with Crippen molar-refractivity contribution in [3.05, 3.63) is 11.6 Å². The molecule has 6 aliphatic rings. The van der Waals surface area contributed by atoms with Gasteiger partial charge in [-0.15, -0.1) is 0 Å². The van der Waals surface area contributed by atoms with E-state index >= 15 is 0 Å². The van der Waals surface area contributed by atoms with Gasteiger partial charge in [-0.1, -0.05) is 18.6 Å². The molecule has 0 aromatic carbocycles. The third-order valence-corrected chi connectivity index (χ3v) is 8.99. The second kappa shape index (κ2) is 4.66. The zero-order valence-corrected chi connectivity index (χ0v) is 14.7. The SMILES string of the molecule is CC12CCC3C4CCC5(CC4=CCC3C1C1CC1[C@H]2O)OCCO5. The molecule has 5 fully saturated rings. The van der Waals surface area contributed by atoms with Crippen LogP contribution in [-0.2, 0) is 9.47 Å². The maximum atomic E-state index is 10.8. The minimum atomic E-state index is -0.274. The lowest BCUT2D eigenvalue weighted by atomic mass is 9.51. The summed E-state index contributed by atoms with van der Waals surface area (Å²) in [6.07, 6.45) is 11.0. The predicted molar refractivity (Wildman–Crippen MR) is 90.1 cm³/mol. The van der Waals surface area contributed by atoms with Crippen LogP contribution in [0.15, 0.2) is 11.6 Å². The topological polar surface area (TPSA) is 38.7 Å². The molecule has 0 aromatic rings. The van der Waals surface area contributed by atoms with Gasteiger partial charge < -0.3 is 14.6 Å². The van der Waals surface area contributed by atoms with E-state index in [2.05, 4.69) is 13.0 Å². The van der Waals surface area contributed by atoms with Crippen LogP contribution in [0, 0.1) is 40.9 Å². The van der Waals surface area contributed by atoms with Gasteiger partial charge in [0, 0.05) is 12.8 Å². The van der Waals surface area contributed by atoms with Crippen LogP contribution in [-0.4, -0.2) is 30.2 Å². The second-order valence-electron chi connectivity index (χ2n) is 9.85. The summed E-state index contributed by atoms with van der Waals surface area (Å²) in [5, 5.41) is 10.8. The average molecular weight is 330 g/mol. The lowest BCUT2D eigenvalue weighted by molar-refractivity contribution is -0.177. The Bertz CT molecular complexity index is 592. The van der Waals surface area contributed by atoms with Gasteiger partial charge in [0.15, 0.2) is 5.79 Å². The molecular weight excluding hydrogens is 300 g/mol. The van der Waals surface area contributed by atoms with E-state index in [-0.39, 0.29) is 17.3 Å². The predicted octanol–water partition coefficient (Wildman–Crippen LogP) is 3.52. The summed E-state index contributed by atoms with van der Waals surface area (Å²) in [4.78, 5) is 0. The molecule has 3 heteroatoms. The molecule has 132 valence electrons. The Labute approximate surface area is 144 Å². The summed E-state index contributed by atoms with van der Waals surface area (Å²) in [5.74, 6) is 4.43. The highest BCUT2D eigenvalue weighted by molar-refractivity contribution is 5.24. The van der Waals surface area contributed by atoms with Crippen molar-refractivity contribution in [2.45, 2.75) is 63.8 Å². The monoisotopic (exact) mass is 330 g/mol. The average Bonchev–Trinajstić information content (AvgIpc) is 3.18. The van der Waals surface area contributed by atoms with Crippen molar-refractivity contribution in [1.82, 2.24) is 0 Å². The highest BCUT2D eigenvalue weighted by Crippen LogP contribution is 2.71. The third kappa shape index (κ3) is 1.74. The van der Waals surface area contributed by atoms with Gasteiger partial charge >= 0.3 is 0 Å². The molecule has 0 bridgehead atoms. The molecule has 1 aliphatic heterocycles. The Morgan fingerprint density at radius 3 is 2.71 bits per heavy atom. The number of fused-ring (bicyclic) bond motifs is 7. The van der Waals surface area contributed by atoms with Gasteiger partial charge in [-0.3, -0.25) is 0 Å². The highest BCUT2D eigenvalue weighted by atomic mass is 16.7. The Morgan fingerprint density at radius 2 is 1.88 bits per heavy atom. The van der Waals surface area contributed by atoms with Gasteiger partial charge in [-0.05, 0) is 73.0 Å². The van der Waals surface area contributed by atoms with Gasteiger partial charge in [0.1, 0.15) is 0 Å². The van der Waals surface area contributed by atoms with Gasteiger partial charge in [0.05, 0.1) is 19.3 Å². The number of hydrogen-bond acceptors (Lipinski definition) is 3. The van der Waals surface area contributed by atoms with Crippen molar-refractivity contribution in [2.24, 2.45) is 40.9 Å². The van der Waals surface area contributed by atoms with Crippen LogP contribution in [0.25, 0.3) is 0 Å². The van der Waals surface area contributed by atoms with Gasteiger partial charge in [0.2, 0.25) is 0 Å². The van der Waals surface area contributed by atoms with Crippen LogP contribution < -0.4 is 0 Å². The molecule has 5 aliphatic carbocycles. The molecule has 8 atom stereocenters. The van der Waals surface area contributed by atoms with E-state index in [9.17, 15) is 5.11 Å². The van der Waals surface area contributed by atoms with Crippen molar-refractivity contribution in [3.8, 4) is 0 Å². The molecule has 1 spiro atoms. The van der Waals surface area contributed by atoms with Gasteiger partial charge in [-0.25, -0.2) is 0 Å². The van der Waals surface area contributed by atoms with Crippen LogP contribution in [0.3, 0.4) is 0 Å². The molecule has 7 unspecified atom stereocenters. The second-order valence-corrected chi connectivity index (χ2v) is 9.85. The quantitative estimate of drug-likeness (QED) is 0.691. The summed E-state index contributed by atoms with van der Waals surface area (Å²) < 4.78 is 12.0. The lowest BCUT2D eigenvalue weighted by Gasteiger charge is -2.55. The number of hydrogen-bond donors (Lipinski definition) is 1. The van der Waals surface area contributed by atoms with E-state index < -0.39 is 0 Å². The van der Waals surface area contributed by atoms with Crippen LogP contribution in [0.1, 0.15) is 51.9 Å². The van der Waals surface area contributed by atoms with Crippen LogP contribution >= 0.6 is 0 Å². The summed E-state index contributed by atoms with van der Waals surface area (Å²) >= 11 is 0. The highest BCUT2D eigenvalue weighted by Gasteiger charge is 2.69. The van der Waals surface area contributed by atoms with Crippen molar-refractivity contribution >= 4 is 0 Å². The standard InChI is InChI=1S/C21H30O3/c1-20-6-4-14-13-5-7-21(23-8-9-24-21)11-12(13)2-3-15(14)18(20)16-10-17(16)19(20)22/h2,13-19,22H,3-11H2,1H3/t13?,14?,15?,16?,17?,18?,19-,20?/m1/s1. The number of aliphatic hydroxyl groups excluding tert-OH is 1. The minimum absolute atomic E-state index is 0.0197. The molecule has 6 rings (SSSR count). The van der Waals surface area contributed by atoms with E-state index in [4.69, 9.17) is 9.47 Å². The van der Waals surface area contributed by atoms with E-state index in [1.54, 1.807) is 5.57 Å². The summed E-state index contributed by atoms with van der Waals surface area (Å²) in [7, 11) is 0. The molecule has 0 amide bonds. The summed E-state index contributed by atoms with van der Waals surface area (Å²) in [5.41, 5.74) is 1.85. The maximum absolute atomic E-state index is 10.8. The molecule has 0 aromatic heterocycles. The van der Waals surface area contributed by atoms with E-state index in [1.165, 1.54) is 32.1 Å². The van der Waals surface area contributed by atoms with E-state index in [0.29, 0.717) is 5.92 Å². The van der Waals surface area contributed by atoms with E-state index in [1.807, 2.05) is 0 Å². The summed E-state index contributed by atoms with van der Waals surface area (Å²) in [6.45, 7) is 3.94. The van der Waals surface area contributed by atoms with Crippen molar-refractivity contribution in [3.63, 3.8) is 0 Å². The fraction of sp³-hybridized carbons (Fsp3) is 0.905. The molecule has 3 nitrogen and oxygen atoms in total. The smallest absolute Gasteiger partial charge is 0.172 e. The number of rotatable bonds is 0. The van der Waals surface area contributed by atoms with Gasteiger partial charge in [-0.2, -0.15) is 0 Å². The Balaban J connectivity index is 1.31. The number of ether oxygens (including phenoxy) is 2. The lowest BCUT2D eigenvalue weighted by Crippen LogP contribution is -2.50. The van der Waals surface area contributed by atoms with Crippen molar-refractivity contribution < 1.29 is 14.6 Å². The number of allylic oxidation sites excluding steroid dienone is 1. The molecule has 1 saturated heterocycles. The molecule has 1 N–H and O–H groups in total. The van der Waals surface area contributed by atoms with Crippen LogP contribution in [0.5, 0.6) is 0 Å².